The van der Waals surface area contributed by atoms with Gasteiger partial charge in [-0.1, -0.05) is 17.3 Å². The number of nitrogens with two attached hydrogens (primary N) is 1. The van der Waals surface area contributed by atoms with Crippen LogP contribution in [-0.4, -0.2) is 5.16 Å². The predicted molar refractivity (Wildman–Crippen MR) is 71.9 cm³/mol. The highest BCUT2D eigenvalue weighted by atomic mass is 16.5. The van der Waals surface area contributed by atoms with E-state index in [9.17, 15) is 0 Å². The Balaban J connectivity index is 1.79. The van der Waals surface area contributed by atoms with Gasteiger partial charge < -0.3 is 15.0 Å². The van der Waals surface area contributed by atoms with Gasteiger partial charge >= 0.3 is 0 Å². The maximum Gasteiger partial charge on any atom is 0.174 e. The minimum Gasteiger partial charge on any atom is -0.485 e. The Bertz CT molecular complexity index is 577. The zero-order chi connectivity index (χ0) is 13.2. The Hall–Kier alpha value is -1.81. The second kappa shape index (κ2) is 5.05. The lowest BCUT2D eigenvalue weighted by Crippen LogP contribution is -2.18. The first-order chi connectivity index (χ1) is 9.24. The fraction of sp³-hybridized carbons (Fsp3) is 0.400. The normalized spacial score (nSPS) is 18.1. The Morgan fingerprint density at radius 2 is 2.37 bits per heavy atom. The number of fused-ring (bicyclic) bond motifs is 1. The number of hydrogen-bond acceptors (Lipinski definition) is 4. The highest BCUT2D eigenvalue weighted by molar-refractivity contribution is 5.43. The average Bonchev–Trinajstić information content (AvgIpc) is 2.83. The molecule has 1 heterocycles. The molecule has 0 radical (unpaired) electrons. The van der Waals surface area contributed by atoms with E-state index in [1.807, 2.05) is 25.1 Å². The highest BCUT2D eigenvalue weighted by Gasteiger charge is 2.20. The number of rotatable bonds is 3. The summed E-state index contributed by atoms with van der Waals surface area (Å²) in [6, 6.07) is 8.14. The first kappa shape index (κ1) is 12.2. The maximum atomic E-state index is 6.14. The number of benzene rings is 1. The SMILES string of the molecule is Cc1cc(COc2cccc3c2CCCC3N)on1. The van der Waals surface area contributed by atoms with Gasteiger partial charge in [0.25, 0.3) is 0 Å². The van der Waals surface area contributed by atoms with Gasteiger partial charge in [0.15, 0.2) is 5.76 Å². The molecule has 1 aromatic heterocycles. The molecule has 1 atom stereocenters. The van der Waals surface area contributed by atoms with E-state index in [0.29, 0.717) is 6.61 Å². The van der Waals surface area contributed by atoms with E-state index in [2.05, 4.69) is 11.2 Å². The van der Waals surface area contributed by atoms with Crippen molar-refractivity contribution in [2.75, 3.05) is 0 Å². The first-order valence-electron chi connectivity index (χ1n) is 6.66. The number of aryl methyl sites for hydroxylation is 1. The van der Waals surface area contributed by atoms with Gasteiger partial charge in [0, 0.05) is 12.1 Å². The minimum atomic E-state index is 0.139. The van der Waals surface area contributed by atoms with Gasteiger partial charge in [-0.05, 0) is 43.4 Å². The van der Waals surface area contributed by atoms with E-state index in [1.165, 1.54) is 11.1 Å². The van der Waals surface area contributed by atoms with Crippen LogP contribution < -0.4 is 10.5 Å². The van der Waals surface area contributed by atoms with E-state index in [4.69, 9.17) is 15.0 Å². The van der Waals surface area contributed by atoms with Crippen LogP contribution in [0.25, 0.3) is 0 Å². The van der Waals surface area contributed by atoms with Crippen LogP contribution in [0.2, 0.25) is 0 Å². The molecule has 4 heteroatoms. The molecule has 2 N–H and O–H groups in total. The molecule has 1 unspecified atom stereocenters. The molecule has 0 spiro atoms. The second-order valence-corrected chi connectivity index (χ2v) is 5.05. The van der Waals surface area contributed by atoms with Gasteiger partial charge in [0.2, 0.25) is 0 Å². The van der Waals surface area contributed by atoms with Crippen molar-refractivity contribution in [1.82, 2.24) is 5.16 Å². The molecule has 3 rings (SSSR count). The van der Waals surface area contributed by atoms with Crippen LogP contribution in [0.4, 0.5) is 0 Å². The van der Waals surface area contributed by atoms with Crippen LogP contribution in [0.5, 0.6) is 5.75 Å². The van der Waals surface area contributed by atoms with Gasteiger partial charge in [0.1, 0.15) is 12.4 Å². The first-order valence-corrected chi connectivity index (χ1v) is 6.66. The van der Waals surface area contributed by atoms with Crippen molar-refractivity contribution in [2.24, 2.45) is 5.73 Å². The fourth-order valence-corrected chi connectivity index (χ4v) is 2.62. The van der Waals surface area contributed by atoms with Crippen molar-refractivity contribution >= 4 is 0 Å². The van der Waals surface area contributed by atoms with Gasteiger partial charge in [-0.15, -0.1) is 0 Å². The molecule has 4 nitrogen and oxygen atoms in total. The largest absolute Gasteiger partial charge is 0.485 e. The molecular formula is C15H18N2O2. The number of nitrogens with zero attached hydrogens (tertiary/aromatic N) is 1. The molecule has 0 saturated carbocycles. The molecule has 0 amide bonds. The fourth-order valence-electron chi connectivity index (χ4n) is 2.62. The molecule has 1 aromatic carbocycles. The molecular weight excluding hydrogens is 240 g/mol. The summed E-state index contributed by atoms with van der Waals surface area (Å²) in [6.45, 7) is 2.31. The minimum absolute atomic E-state index is 0.139. The van der Waals surface area contributed by atoms with Crippen molar-refractivity contribution in [2.45, 2.75) is 38.8 Å². The summed E-state index contributed by atoms with van der Waals surface area (Å²) in [5.74, 6) is 1.66. The molecule has 0 fully saturated rings. The van der Waals surface area contributed by atoms with Crippen molar-refractivity contribution in [1.29, 1.82) is 0 Å². The van der Waals surface area contributed by atoms with Crippen molar-refractivity contribution in [3.05, 3.63) is 46.8 Å². The Morgan fingerprint density at radius 1 is 1.47 bits per heavy atom. The standard InChI is InChI=1S/C15H18N2O2/c1-10-8-11(19-17-10)9-18-15-7-3-4-12-13(15)5-2-6-14(12)16/h3-4,7-8,14H,2,5-6,9,16H2,1H3. The third-order valence-electron chi connectivity index (χ3n) is 3.56. The van der Waals surface area contributed by atoms with E-state index in [0.717, 1.165) is 36.5 Å². The van der Waals surface area contributed by atoms with Crippen LogP contribution in [0, 0.1) is 6.92 Å². The third-order valence-corrected chi connectivity index (χ3v) is 3.56. The molecule has 19 heavy (non-hydrogen) atoms. The number of ether oxygens (including phenoxy) is 1. The monoisotopic (exact) mass is 258 g/mol. The van der Waals surface area contributed by atoms with E-state index < -0.39 is 0 Å². The molecule has 100 valence electrons. The number of aromatic nitrogens is 1. The second-order valence-electron chi connectivity index (χ2n) is 5.05. The highest BCUT2D eigenvalue weighted by Crippen LogP contribution is 2.34. The van der Waals surface area contributed by atoms with E-state index >= 15 is 0 Å². The lowest BCUT2D eigenvalue weighted by molar-refractivity contribution is 0.246. The van der Waals surface area contributed by atoms with Crippen LogP contribution >= 0.6 is 0 Å². The molecule has 0 aliphatic heterocycles. The summed E-state index contributed by atoms with van der Waals surface area (Å²) in [7, 11) is 0. The summed E-state index contributed by atoms with van der Waals surface area (Å²) in [6.07, 6.45) is 3.21. The summed E-state index contributed by atoms with van der Waals surface area (Å²) >= 11 is 0. The van der Waals surface area contributed by atoms with Gasteiger partial charge in [0.05, 0.1) is 5.69 Å². The lowest BCUT2D eigenvalue weighted by Gasteiger charge is -2.24. The molecule has 2 aromatic rings. The third kappa shape index (κ3) is 2.49. The molecule has 1 aliphatic carbocycles. The Morgan fingerprint density at radius 3 is 3.16 bits per heavy atom. The zero-order valence-electron chi connectivity index (χ0n) is 11.1. The predicted octanol–water partition coefficient (Wildman–Crippen LogP) is 2.90. The van der Waals surface area contributed by atoms with Crippen molar-refractivity contribution in [3.63, 3.8) is 0 Å². The summed E-state index contributed by atoms with van der Waals surface area (Å²) < 4.78 is 11.0. The number of hydrogen-bond donors (Lipinski definition) is 1. The summed E-state index contributed by atoms with van der Waals surface area (Å²) in [4.78, 5) is 0. The van der Waals surface area contributed by atoms with Crippen LogP contribution in [0.1, 0.15) is 41.5 Å². The maximum absolute atomic E-state index is 6.14. The van der Waals surface area contributed by atoms with Crippen LogP contribution in [-0.2, 0) is 13.0 Å². The Labute approximate surface area is 112 Å². The van der Waals surface area contributed by atoms with E-state index in [-0.39, 0.29) is 6.04 Å². The van der Waals surface area contributed by atoms with Crippen LogP contribution in [0.3, 0.4) is 0 Å². The summed E-state index contributed by atoms with van der Waals surface area (Å²) in [5.41, 5.74) is 9.48. The summed E-state index contributed by atoms with van der Waals surface area (Å²) in [5, 5.41) is 3.85. The van der Waals surface area contributed by atoms with E-state index in [1.54, 1.807) is 0 Å². The Kier molecular flexibility index (Phi) is 3.25. The smallest absolute Gasteiger partial charge is 0.174 e. The molecule has 0 bridgehead atoms. The van der Waals surface area contributed by atoms with Gasteiger partial charge in [-0.25, -0.2) is 0 Å². The molecule has 0 saturated heterocycles. The quantitative estimate of drug-likeness (QED) is 0.919. The lowest BCUT2D eigenvalue weighted by atomic mass is 9.87. The van der Waals surface area contributed by atoms with Gasteiger partial charge in [-0.2, -0.15) is 0 Å². The van der Waals surface area contributed by atoms with Crippen molar-refractivity contribution in [3.8, 4) is 5.75 Å². The van der Waals surface area contributed by atoms with Crippen molar-refractivity contribution < 1.29 is 9.26 Å². The zero-order valence-corrected chi connectivity index (χ0v) is 11.1. The molecule has 1 aliphatic rings. The van der Waals surface area contributed by atoms with Crippen LogP contribution in [0.15, 0.2) is 28.8 Å². The van der Waals surface area contributed by atoms with Gasteiger partial charge in [-0.3, -0.25) is 0 Å². The average molecular weight is 258 g/mol. The topological polar surface area (TPSA) is 61.3 Å².